The summed E-state index contributed by atoms with van der Waals surface area (Å²) in [6, 6.07) is 10.1. The van der Waals surface area contributed by atoms with Crippen LogP contribution in [0.2, 0.25) is 0 Å². The van der Waals surface area contributed by atoms with Crippen LogP contribution in [0.1, 0.15) is 12.0 Å². The summed E-state index contributed by atoms with van der Waals surface area (Å²) in [7, 11) is 1.97. The number of nitrogens with zero attached hydrogens (tertiary/aromatic N) is 6. The zero-order valence-electron chi connectivity index (χ0n) is 10.6. The number of nitriles is 1. The number of hydrogen-bond donors (Lipinski definition) is 0. The monoisotopic (exact) mass is 254 g/mol. The van der Waals surface area contributed by atoms with Crippen LogP contribution in [0.4, 0.5) is 5.69 Å². The number of benzene rings is 1. The van der Waals surface area contributed by atoms with Crippen molar-refractivity contribution in [2.24, 2.45) is 5.10 Å². The maximum absolute atomic E-state index is 8.56. The Bertz CT molecular complexity index is 564. The molecule has 0 saturated heterocycles. The van der Waals surface area contributed by atoms with Gasteiger partial charge in [0.2, 0.25) is 0 Å². The van der Waals surface area contributed by atoms with Crippen LogP contribution in [0, 0.1) is 11.3 Å². The van der Waals surface area contributed by atoms with Crippen molar-refractivity contribution in [1.82, 2.24) is 14.9 Å². The Morgan fingerprint density at radius 3 is 2.63 bits per heavy atom. The molecule has 1 heterocycles. The van der Waals surface area contributed by atoms with Crippen LogP contribution >= 0.6 is 0 Å². The molecule has 0 unspecified atom stereocenters. The molecule has 0 fully saturated rings. The van der Waals surface area contributed by atoms with Crippen molar-refractivity contribution in [1.29, 1.82) is 5.26 Å². The van der Waals surface area contributed by atoms with Crippen molar-refractivity contribution in [3.63, 3.8) is 0 Å². The molecule has 0 N–H and O–H groups in total. The molecule has 0 aliphatic carbocycles. The van der Waals surface area contributed by atoms with E-state index in [1.165, 1.54) is 17.3 Å². The van der Waals surface area contributed by atoms with E-state index in [1.807, 2.05) is 36.2 Å². The van der Waals surface area contributed by atoms with Gasteiger partial charge in [-0.25, -0.2) is 4.68 Å². The third-order valence-electron chi connectivity index (χ3n) is 2.64. The first-order valence-electron chi connectivity index (χ1n) is 5.87. The predicted molar refractivity (Wildman–Crippen MR) is 73.0 cm³/mol. The lowest BCUT2D eigenvalue weighted by molar-refractivity contribution is 0.878. The standard InChI is InChI=1S/C13H14N6/c1-18(8-2-7-14)13-5-3-12(4-6-13)9-17-19-10-15-16-11-19/h3-6,9-11H,2,8H2,1H3/b17-9-. The molecule has 0 aliphatic heterocycles. The summed E-state index contributed by atoms with van der Waals surface area (Å²) in [6.07, 6.45) is 5.32. The highest BCUT2D eigenvalue weighted by atomic mass is 15.4. The molecule has 6 nitrogen and oxygen atoms in total. The first-order chi connectivity index (χ1) is 9.29. The van der Waals surface area contributed by atoms with Gasteiger partial charge in [0.25, 0.3) is 0 Å². The second-order valence-corrected chi connectivity index (χ2v) is 4.01. The van der Waals surface area contributed by atoms with E-state index in [-0.39, 0.29) is 0 Å². The first-order valence-corrected chi connectivity index (χ1v) is 5.87. The van der Waals surface area contributed by atoms with Gasteiger partial charge in [0.05, 0.1) is 18.7 Å². The van der Waals surface area contributed by atoms with Gasteiger partial charge in [0.15, 0.2) is 0 Å². The minimum Gasteiger partial charge on any atom is -0.374 e. The van der Waals surface area contributed by atoms with Gasteiger partial charge < -0.3 is 4.90 Å². The van der Waals surface area contributed by atoms with Crippen molar-refractivity contribution < 1.29 is 0 Å². The summed E-state index contributed by atoms with van der Waals surface area (Å²) >= 11 is 0. The molecule has 96 valence electrons. The van der Waals surface area contributed by atoms with Gasteiger partial charge in [0.1, 0.15) is 12.7 Å². The summed E-state index contributed by atoms with van der Waals surface area (Å²) < 4.78 is 1.53. The van der Waals surface area contributed by atoms with Crippen LogP contribution in [0.25, 0.3) is 0 Å². The number of aromatic nitrogens is 3. The topological polar surface area (TPSA) is 70.1 Å². The Labute approximate surface area is 111 Å². The van der Waals surface area contributed by atoms with Gasteiger partial charge in [-0.2, -0.15) is 10.4 Å². The maximum Gasteiger partial charge on any atom is 0.141 e. The molecule has 0 aliphatic rings. The summed E-state index contributed by atoms with van der Waals surface area (Å²) in [5.41, 5.74) is 2.07. The fourth-order valence-electron chi connectivity index (χ4n) is 1.55. The smallest absolute Gasteiger partial charge is 0.141 e. The van der Waals surface area contributed by atoms with E-state index in [1.54, 1.807) is 6.21 Å². The minimum absolute atomic E-state index is 0.521. The van der Waals surface area contributed by atoms with Crippen LogP contribution in [0.3, 0.4) is 0 Å². The summed E-state index contributed by atoms with van der Waals surface area (Å²) in [4.78, 5) is 2.05. The van der Waals surface area contributed by atoms with Crippen LogP contribution in [0.5, 0.6) is 0 Å². The Hall–Kier alpha value is -2.68. The Balaban J connectivity index is 2.00. The van der Waals surface area contributed by atoms with E-state index in [4.69, 9.17) is 5.26 Å². The molecular weight excluding hydrogens is 240 g/mol. The summed E-state index contributed by atoms with van der Waals surface area (Å²) in [5.74, 6) is 0. The van der Waals surface area contributed by atoms with E-state index in [2.05, 4.69) is 21.4 Å². The van der Waals surface area contributed by atoms with E-state index in [0.29, 0.717) is 6.42 Å². The van der Waals surface area contributed by atoms with Gasteiger partial charge in [0, 0.05) is 19.3 Å². The molecule has 2 aromatic rings. The average molecular weight is 254 g/mol. The summed E-state index contributed by atoms with van der Waals surface area (Å²) in [6.45, 7) is 0.727. The Morgan fingerprint density at radius 2 is 2.00 bits per heavy atom. The number of hydrogen-bond acceptors (Lipinski definition) is 5. The second-order valence-electron chi connectivity index (χ2n) is 4.01. The van der Waals surface area contributed by atoms with Crippen LogP contribution in [-0.4, -0.2) is 34.7 Å². The third-order valence-corrected chi connectivity index (χ3v) is 2.64. The molecule has 0 saturated carbocycles. The van der Waals surface area contributed by atoms with Crippen molar-refractivity contribution in [2.75, 3.05) is 18.5 Å². The third kappa shape index (κ3) is 3.64. The molecule has 0 bridgehead atoms. The highest BCUT2D eigenvalue weighted by Gasteiger charge is 1.99. The molecule has 1 aromatic heterocycles. The molecule has 6 heteroatoms. The number of rotatable bonds is 5. The van der Waals surface area contributed by atoms with E-state index in [0.717, 1.165) is 17.8 Å². The fourth-order valence-corrected chi connectivity index (χ4v) is 1.55. The molecule has 0 spiro atoms. The van der Waals surface area contributed by atoms with Gasteiger partial charge in [-0.15, -0.1) is 10.2 Å². The fraction of sp³-hybridized carbons (Fsp3) is 0.231. The zero-order chi connectivity index (χ0) is 13.5. The van der Waals surface area contributed by atoms with Gasteiger partial charge in [-0.05, 0) is 17.7 Å². The van der Waals surface area contributed by atoms with Crippen LogP contribution < -0.4 is 4.90 Å². The van der Waals surface area contributed by atoms with Crippen LogP contribution in [-0.2, 0) is 0 Å². The van der Waals surface area contributed by atoms with Crippen molar-refractivity contribution in [3.8, 4) is 6.07 Å². The molecule has 2 rings (SSSR count). The Morgan fingerprint density at radius 1 is 1.32 bits per heavy atom. The number of anilines is 1. The normalized spacial score (nSPS) is 10.5. The largest absolute Gasteiger partial charge is 0.374 e. The Kier molecular flexibility index (Phi) is 4.24. The van der Waals surface area contributed by atoms with Gasteiger partial charge >= 0.3 is 0 Å². The molecule has 0 atom stereocenters. The van der Waals surface area contributed by atoms with Crippen molar-refractivity contribution in [2.45, 2.75) is 6.42 Å². The predicted octanol–water partition coefficient (Wildman–Crippen LogP) is 1.51. The van der Waals surface area contributed by atoms with Gasteiger partial charge in [-0.3, -0.25) is 0 Å². The molecular formula is C13H14N6. The maximum atomic E-state index is 8.56. The SMILES string of the molecule is CN(CCC#N)c1ccc(/C=N\n2cnnc2)cc1. The lowest BCUT2D eigenvalue weighted by Gasteiger charge is -2.17. The molecule has 0 amide bonds. The summed E-state index contributed by atoms with van der Waals surface area (Å²) in [5, 5.41) is 20.1. The van der Waals surface area contributed by atoms with Crippen molar-refractivity contribution >= 4 is 11.9 Å². The highest BCUT2D eigenvalue weighted by Crippen LogP contribution is 2.13. The quantitative estimate of drug-likeness (QED) is 0.758. The second kappa shape index (κ2) is 6.31. The minimum atomic E-state index is 0.521. The average Bonchev–Trinajstić information content (AvgIpc) is 2.96. The lowest BCUT2D eigenvalue weighted by Crippen LogP contribution is -2.17. The molecule has 19 heavy (non-hydrogen) atoms. The highest BCUT2D eigenvalue weighted by molar-refractivity contribution is 5.80. The lowest BCUT2D eigenvalue weighted by atomic mass is 10.2. The molecule has 1 aromatic carbocycles. The zero-order valence-corrected chi connectivity index (χ0v) is 10.6. The first kappa shape index (κ1) is 12.8. The molecule has 0 radical (unpaired) electrons. The van der Waals surface area contributed by atoms with Gasteiger partial charge in [-0.1, -0.05) is 12.1 Å². The van der Waals surface area contributed by atoms with Crippen molar-refractivity contribution in [3.05, 3.63) is 42.5 Å². The van der Waals surface area contributed by atoms with E-state index >= 15 is 0 Å². The van der Waals surface area contributed by atoms with Crippen LogP contribution in [0.15, 0.2) is 42.0 Å². The van der Waals surface area contributed by atoms with E-state index < -0.39 is 0 Å². The van der Waals surface area contributed by atoms with E-state index in [9.17, 15) is 0 Å².